The van der Waals surface area contributed by atoms with Crippen molar-refractivity contribution in [1.82, 2.24) is 15.0 Å². The van der Waals surface area contributed by atoms with Crippen LogP contribution in [0.3, 0.4) is 0 Å². The van der Waals surface area contributed by atoms with Gasteiger partial charge in [0.15, 0.2) is 5.65 Å². The molecule has 0 aliphatic carbocycles. The lowest BCUT2D eigenvalue weighted by Crippen LogP contribution is -2.43. The monoisotopic (exact) mass is 536 g/mol. The van der Waals surface area contributed by atoms with Crippen molar-refractivity contribution < 1.29 is 13.2 Å². The molecule has 2 aromatic heterocycles. The van der Waals surface area contributed by atoms with Gasteiger partial charge in [-0.2, -0.15) is 4.98 Å². The zero-order valence-corrected chi connectivity index (χ0v) is 24.5. The highest BCUT2D eigenvalue weighted by atomic mass is 32.2. The van der Waals surface area contributed by atoms with Crippen LogP contribution < -0.4 is 5.32 Å². The molecule has 0 atom stereocenters. The lowest BCUT2D eigenvalue weighted by Gasteiger charge is -2.38. The third kappa shape index (κ3) is 6.62. The normalized spacial score (nSPS) is 12.2. The minimum absolute atomic E-state index is 0.187. The van der Waals surface area contributed by atoms with Gasteiger partial charge in [0.05, 0.1) is 5.39 Å². The van der Waals surface area contributed by atoms with Crippen LogP contribution in [0, 0.1) is 11.5 Å². The topological polar surface area (TPSA) is 102 Å². The Morgan fingerprint density at radius 2 is 1.62 bits per heavy atom. The lowest BCUT2D eigenvalue weighted by molar-refractivity contribution is -0.116. The Morgan fingerprint density at radius 1 is 1.00 bits per heavy atom. The number of nitrogens with one attached hydrogen (secondary N) is 1. The first kappa shape index (κ1) is 28.5. The summed E-state index contributed by atoms with van der Waals surface area (Å²) in [6.45, 7) is 13.4. The van der Waals surface area contributed by atoms with Gasteiger partial charge in [0.2, 0.25) is 20.9 Å². The second-order valence-electron chi connectivity index (χ2n) is 10.4. The number of amides is 1. The van der Waals surface area contributed by atoms with Gasteiger partial charge in [-0.05, 0) is 34.7 Å². The number of hydrogen-bond acceptors (Lipinski definition) is 6. The fourth-order valence-electron chi connectivity index (χ4n) is 5.06. The van der Waals surface area contributed by atoms with Crippen LogP contribution in [0.15, 0.2) is 47.8 Å². The maximum atomic E-state index is 12.7. The Labute approximate surface area is 221 Å². The van der Waals surface area contributed by atoms with Crippen molar-refractivity contribution in [1.29, 1.82) is 0 Å². The molecule has 0 fully saturated rings. The number of fused-ring (bicyclic) bond motifs is 1. The predicted molar refractivity (Wildman–Crippen MR) is 152 cm³/mol. The minimum Gasteiger partial charge on any atom is -0.311 e. The Morgan fingerprint density at radius 3 is 2.19 bits per heavy atom. The van der Waals surface area contributed by atoms with Gasteiger partial charge in [-0.3, -0.25) is 4.79 Å². The molecule has 0 aliphatic heterocycles. The SMILES string of the molecule is CC(C)[Si](C#Cc1cc(NC(=O)CCc2ccccc2)nc2nc(S(C)(=O)=O)ncc12)(C(C)C)C(C)C. The van der Waals surface area contributed by atoms with E-state index in [-0.39, 0.29) is 23.1 Å². The van der Waals surface area contributed by atoms with Crippen LogP contribution >= 0.6 is 0 Å². The molecule has 0 saturated carbocycles. The number of benzene rings is 1. The van der Waals surface area contributed by atoms with E-state index in [1.54, 1.807) is 6.07 Å². The van der Waals surface area contributed by atoms with Crippen LogP contribution in [0.2, 0.25) is 16.6 Å². The van der Waals surface area contributed by atoms with Crippen molar-refractivity contribution in [2.75, 3.05) is 11.6 Å². The average molecular weight is 537 g/mol. The maximum absolute atomic E-state index is 12.7. The van der Waals surface area contributed by atoms with Gasteiger partial charge in [0.25, 0.3) is 0 Å². The third-order valence-corrected chi connectivity index (χ3v) is 14.1. The Bertz CT molecular complexity index is 1420. The van der Waals surface area contributed by atoms with Crippen LogP contribution in [0.1, 0.15) is 59.1 Å². The standard InChI is InChI=1S/C28H36N4O3SSi/c1-19(2)37(20(3)4,21(5)6)16-15-23-17-25(30-26(33)14-13-22-11-9-8-10-12-22)31-27-24(23)18-29-28(32-27)36(7,34)35/h8-12,17-21H,13-14H2,1-7H3,(H,29,30,31,32,33). The lowest BCUT2D eigenvalue weighted by atomic mass is 10.1. The highest BCUT2D eigenvalue weighted by Gasteiger charge is 2.41. The first-order valence-electron chi connectivity index (χ1n) is 12.6. The molecule has 196 valence electrons. The molecule has 37 heavy (non-hydrogen) atoms. The largest absolute Gasteiger partial charge is 0.311 e. The number of rotatable bonds is 8. The van der Waals surface area contributed by atoms with Gasteiger partial charge in [-0.15, -0.1) is 5.54 Å². The average Bonchev–Trinajstić information content (AvgIpc) is 2.82. The summed E-state index contributed by atoms with van der Waals surface area (Å²) in [5, 5.41) is 3.10. The van der Waals surface area contributed by atoms with E-state index in [2.05, 4.69) is 73.3 Å². The molecule has 7 nitrogen and oxygen atoms in total. The van der Waals surface area contributed by atoms with Gasteiger partial charge >= 0.3 is 0 Å². The first-order valence-corrected chi connectivity index (χ1v) is 16.7. The molecule has 3 rings (SSSR count). The van der Waals surface area contributed by atoms with E-state index in [4.69, 9.17) is 0 Å². The number of anilines is 1. The van der Waals surface area contributed by atoms with Gasteiger partial charge < -0.3 is 5.32 Å². The summed E-state index contributed by atoms with van der Waals surface area (Å²) in [6, 6.07) is 11.5. The summed E-state index contributed by atoms with van der Waals surface area (Å²) in [5.41, 5.74) is 6.90. The van der Waals surface area contributed by atoms with Crippen molar-refractivity contribution >= 4 is 40.7 Å². The smallest absolute Gasteiger partial charge is 0.248 e. The van der Waals surface area contributed by atoms with Gasteiger partial charge in [-0.1, -0.05) is 77.8 Å². The van der Waals surface area contributed by atoms with E-state index in [0.29, 0.717) is 39.8 Å². The van der Waals surface area contributed by atoms with Crippen LogP contribution in [0.4, 0.5) is 5.82 Å². The van der Waals surface area contributed by atoms with E-state index in [1.807, 2.05) is 30.3 Å². The number of sulfone groups is 1. The van der Waals surface area contributed by atoms with Crippen molar-refractivity contribution in [2.45, 2.75) is 76.2 Å². The first-order chi connectivity index (χ1) is 17.3. The highest BCUT2D eigenvalue weighted by molar-refractivity contribution is 7.90. The van der Waals surface area contributed by atoms with E-state index in [9.17, 15) is 13.2 Å². The fraction of sp³-hybridized carbons (Fsp3) is 0.429. The molecule has 0 saturated heterocycles. The quantitative estimate of drug-likeness (QED) is 0.229. The number of hydrogen-bond donors (Lipinski definition) is 1. The summed E-state index contributed by atoms with van der Waals surface area (Å²) in [6.07, 6.45) is 3.39. The predicted octanol–water partition coefficient (Wildman–Crippen LogP) is 5.57. The Balaban J connectivity index is 2.07. The zero-order valence-electron chi connectivity index (χ0n) is 22.7. The van der Waals surface area contributed by atoms with Gasteiger partial charge in [0, 0.05) is 24.4 Å². The number of pyridine rings is 1. The molecule has 1 N–H and O–H groups in total. The fourth-order valence-corrected chi connectivity index (χ4v) is 10.8. The number of carbonyl (C=O) groups is 1. The molecule has 1 amide bonds. The molecular weight excluding hydrogens is 500 g/mol. The molecule has 0 aliphatic rings. The van der Waals surface area contributed by atoms with Crippen LogP contribution in [0.25, 0.3) is 11.0 Å². The van der Waals surface area contributed by atoms with Gasteiger partial charge in [-0.25, -0.2) is 18.4 Å². The molecule has 0 spiro atoms. The summed E-state index contributed by atoms with van der Waals surface area (Å²) >= 11 is 0. The molecule has 9 heteroatoms. The zero-order chi connectivity index (χ0) is 27.4. The minimum atomic E-state index is -3.63. The maximum Gasteiger partial charge on any atom is 0.248 e. The summed E-state index contributed by atoms with van der Waals surface area (Å²) < 4.78 is 24.2. The number of aromatic nitrogens is 3. The van der Waals surface area contributed by atoms with Crippen LogP contribution in [-0.4, -0.2) is 43.6 Å². The van der Waals surface area contributed by atoms with Crippen molar-refractivity contribution in [2.24, 2.45) is 0 Å². The van der Waals surface area contributed by atoms with Crippen LogP contribution in [0.5, 0.6) is 0 Å². The number of nitrogens with zero attached hydrogens (tertiary/aromatic N) is 3. The Hall–Kier alpha value is -3.09. The van der Waals surface area contributed by atoms with Crippen molar-refractivity contribution in [3.8, 4) is 11.5 Å². The second kappa shape index (κ2) is 11.5. The molecule has 0 unspecified atom stereocenters. The molecule has 3 aromatic rings. The summed E-state index contributed by atoms with van der Waals surface area (Å²) in [5.74, 6) is 3.49. The molecule has 1 aromatic carbocycles. The molecule has 0 bridgehead atoms. The molecule has 0 radical (unpaired) electrons. The van der Waals surface area contributed by atoms with E-state index in [0.717, 1.165) is 11.8 Å². The summed E-state index contributed by atoms with van der Waals surface area (Å²) in [7, 11) is -5.67. The van der Waals surface area contributed by atoms with Crippen molar-refractivity contribution in [3.63, 3.8) is 0 Å². The van der Waals surface area contributed by atoms with E-state index < -0.39 is 17.9 Å². The molecule has 2 heterocycles. The van der Waals surface area contributed by atoms with E-state index >= 15 is 0 Å². The third-order valence-electron chi connectivity index (χ3n) is 6.91. The highest BCUT2D eigenvalue weighted by Crippen LogP contribution is 2.41. The van der Waals surface area contributed by atoms with Crippen LogP contribution in [-0.2, 0) is 21.1 Å². The van der Waals surface area contributed by atoms with Crippen molar-refractivity contribution in [3.05, 3.63) is 53.7 Å². The van der Waals surface area contributed by atoms with Gasteiger partial charge in [0.1, 0.15) is 13.9 Å². The molecular formula is C28H36N4O3SSi. The second-order valence-corrected chi connectivity index (χ2v) is 17.9. The van der Waals surface area contributed by atoms with E-state index in [1.165, 1.54) is 6.20 Å². The Kier molecular flexibility index (Phi) is 8.87. The number of aryl methyl sites for hydroxylation is 1. The number of carbonyl (C=O) groups excluding carboxylic acids is 1. The summed E-state index contributed by atoms with van der Waals surface area (Å²) in [4.78, 5) is 25.4.